The Hall–Kier alpha value is -1.11. The third kappa shape index (κ3) is 4.49. The number of rotatable bonds is 7. The first-order valence-corrected chi connectivity index (χ1v) is 7.85. The smallest absolute Gasteiger partial charge is 0.242 e. The van der Waals surface area contributed by atoms with Crippen LogP contribution in [0.5, 0.6) is 0 Å². The molecule has 4 N–H and O–H groups in total. The lowest BCUT2D eigenvalue weighted by Crippen LogP contribution is -2.30. The lowest BCUT2D eigenvalue weighted by molar-refractivity contribution is 0.254. The normalized spacial score (nSPS) is 13.4. The van der Waals surface area contributed by atoms with E-state index in [2.05, 4.69) is 4.72 Å². The molecule has 0 aliphatic heterocycles. The van der Waals surface area contributed by atoms with Crippen LogP contribution in [0.4, 0.5) is 5.69 Å². The van der Waals surface area contributed by atoms with Gasteiger partial charge in [0.05, 0.1) is 5.69 Å². The third-order valence-electron chi connectivity index (χ3n) is 3.13. The summed E-state index contributed by atoms with van der Waals surface area (Å²) < 4.78 is 26.8. The van der Waals surface area contributed by atoms with Crippen LogP contribution in [0.1, 0.15) is 25.3 Å². The summed E-state index contributed by atoms with van der Waals surface area (Å²) in [5, 5.41) is 8.89. The summed E-state index contributed by atoms with van der Waals surface area (Å²) in [4.78, 5) is 0.108. The molecule has 0 spiro atoms. The van der Waals surface area contributed by atoms with E-state index in [4.69, 9.17) is 10.8 Å². The maximum absolute atomic E-state index is 12.1. The number of aliphatic hydroxyl groups excluding tert-OH is 1. The van der Waals surface area contributed by atoms with Gasteiger partial charge in [-0.15, -0.1) is 0 Å². The molecule has 19 heavy (non-hydrogen) atoms. The summed E-state index contributed by atoms with van der Waals surface area (Å²) in [6, 6.07) is 4.87. The Morgan fingerprint density at radius 3 is 2.63 bits per heavy atom. The summed E-state index contributed by atoms with van der Waals surface area (Å²) in [6.45, 7) is 4.20. The molecule has 108 valence electrons. The van der Waals surface area contributed by atoms with Crippen molar-refractivity contribution in [3.8, 4) is 0 Å². The summed E-state index contributed by atoms with van der Waals surface area (Å²) >= 11 is 0. The molecular formula is C13H22N2O3S. The van der Waals surface area contributed by atoms with Gasteiger partial charge in [-0.05, 0) is 37.0 Å². The van der Waals surface area contributed by atoms with E-state index in [1.165, 1.54) is 6.07 Å². The Labute approximate surface area is 114 Å². The van der Waals surface area contributed by atoms with Crippen LogP contribution < -0.4 is 10.5 Å². The molecule has 0 saturated carbocycles. The van der Waals surface area contributed by atoms with E-state index in [-0.39, 0.29) is 23.1 Å². The van der Waals surface area contributed by atoms with Gasteiger partial charge in [0.25, 0.3) is 0 Å². The largest absolute Gasteiger partial charge is 0.398 e. The van der Waals surface area contributed by atoms with Gasteiger partial charge in [-0.1, -0.05) is 19.4 Å². The summed E-state index contributed by atoms with van der Waals surface area (Å²) in [5.74, 6) is 0.131. The fourth-order valence-corrected chi connectivity index (χ4v) is 3.08. The van der Waals surface area contributed by atoms with E-state index in [1.807, 2.05) is 13.8 Å². The van der Waals surface area contributed by atoms with Crippen LogP contribution in [-0.4, -0.2) is 26.7 Å². The van der Waals surface area contributed by atoms with Gasteiger partial charge in [0.15, 0.2) is 0 Å². The van der Waals surface area contributed by atoms with Crippen LogP contribution in [0.2, 0.25) is 0 Å². The molecule has 0 amide bonds. The summed E-state index contributed by atoms with van der Waals surface area (Å²) in [7, 11) is -3.59. The molecule has 0 saturated heterocycles. The Balaban J connectivity index is 2.81. The molecule has 6 heteroatoms. The highest BCUT2D eigenvalue weighted by Gasteiger charge is 2.18. The highest BCUT2D eigenvalue weighted by atomic mass is 32.2. The van der Waals surface area contributed by atoms with Crippen molar-refractivity contribution in [1.82, 2.24) is 4.72 Å². The number of benzene rings is 1. The fraction of sp³-hybridized carbons (Fsp3) is 0.538. The van der Waals surface area contributed by atoms with Crippen molar-refractivity contribution >= 4 is 15.7 Å². The van der Waals surface area contributed by atoms with Crippen LogP contribution in [0.15, 0.2) is 23.1 Å². The highest BCUT2D eigenvalue weighted by Crippen LogP contribution is 2.19. The second-order valence-corrected chi connectivity index (χ2v) is 6.42. The monoisotopic (exact) mass is 286 g/mol. The lowest BCUT2D eigenvalue weighted by atomic mass is 10.0. The minimum absolute atomic E-state index is 0.0624. The number of sulfonamides is 1. The summed E-state index contributed by atoms with van der Waals surface area (Å²) in [6.07, 6.45) is 1.40. The van der Waals surface area contributed by atoms with E-state index >= 15 is 0 Å². The van der Waals surface area contributed by atoms with Crippen molar-refractivity contribution in [2.45, 2.75) is 31.6 Å². The van der Waals surface area contributed by atoms with Crippen molar-refractivity contribution in [2.75, 3.05) is 18.9 Å². The van der Waals surface area contributed by atoms with E-state index in [1.54, 1.807) is 12.1 Å². The molecular weight excluding hydrogens is 264 g/mol. The third-order valence-corrected chi connectivity index (χ3v) is 4.63. The zero-order valence-corrected chi connectivity index (χ0v) is 12.2. The number of hydrogen-bond acceptors (Lipinski definition) is 4. The molecule has 0 aliphatic carbocycles. The first-order chi connectivity index (χ1) is 8.90. The van der Waals surface area contributed by atoms with Gasteiger partial charge >= 0.3 is 0 Å². The number of aryl methyl sites for hydroxylation is 1. The fourth-order valence-electron chi connectivity index (χ4n) is 1.85. The Morgan fingerprint density at radius 2 is 2.11 bits per heavy atom. The van der Waals surface area contributed by atoms with Crippen molar-refractivity contribution in [3.05, 3.63) is 23.8 Å². The average molecular weight is 286 g/mol. The quantitative estimate of drug-likeness (QED) is 0.658. The van der Waals surface area contributed by atoms with Gasteiger partial charge in [-0.2, -0.15) is 0 Å². The molecule has 1 unspecified atom stereocenters. The van der Waals surface area contributed by atoms with Crippen molar-refractivity contribution < 1.29 is 13.5 Å². The van der Waals surface area contributed by atoms with Crippen LogP contribution in [0.3, 0.4) is 0 Å². The number of nitrogens with two attached hydrogens (primary N) is 1. The second-order valence-electron chi connectivity index (χ2n) is 4.68. The van der Waals surface area contributed by atoms with Crippen LogP contribution in [-0.2, 0) is 10.0 Å². The van der Waals surface area contributed by atoms with Gasteiger partial charge in [0.1, 0.15) is 4.90 Å². The minimum Gasteiger partial charge on any atom is -0.398 e. The molecule has 5 nitrogen and oxygen atoms in total. The maximum atomic E-state index is 12.1. The zero-order valence-electron chi connectivity index (χ0n) is 11.4. The molecule has 0 radical (unpaired) electrons. The molecule has 0 bridgehead atoms. The van der Waals surface area contributed by atoms with Gasteiger partial charge in [-0.25, -0.2) is 13.1 Å². The van der Waals surface area contributed by atoms with Gasteiger partial charge in [0, 0.05) is 13.2 Å². The number of nitrogens with one attached hydrogen (secondary N) is 1. The summed E-state index contributed by atoms with van der Waals surface area (Å²) in [5.41, 5.74) is 6.92. The number of aliphatic hydroxyl groups is 1. The highest BCUT2D eigenvalue weighted by molar-refractivity contribution is 7.89. The Morgan fingerprint density at radius 1 is 1.42 bits per heavy atom. The van der Waals surface area contributed by atoms with E-state index in [9.17, 15) is 8.42 Å². The first-order valence-electron chi connectivity index (χ1n) is 6.37. The first kappa shape index (κ1) is 15.9. The van der Waals surface area contributed by atoms with E-state index < -0.39 is 10.0 Å². The minimum atomic E-state index is -3.59. The molecule has 0 fully saturated rings. The van der Waals surface area contributed by atoms with Crippen LogP contribution in [0, 0.1) is 12.8 Å². The second kappa shape index (κ2) is 6.88. The maximum Gasteiger partial charge on any atom is 0.242 e. The van der Waals surface area contributed by atoms with Crippen molar-refractivity contribution in [1.29, 1.82) is 0 Å². The van der Waals surface area contributed by atoms with Crippen LogP contribution in [0.25, 0.3) is 0 Å². The predicted molar refractivity (Wildman–Crippen MR) is 76.3 cm³/mol. The van der Waals surface area contributed by atoms with Gasteiger partial charge in [0.2, 0.25) is 10.0 Å². The Bertz CT molecular complexity index is 515. The van der Waals surface area contributed by atoms with Gasteiger partial charge in [-0.3, -0.25) is 0 Å². The molecule has 1 aromatic carbocycles. The molecule has 0 aromatic heterocycles. The molecule has 1 aromatic rings. The number of hydrogen-bond donors (Lipinski definition) is 3. The Kier molecular flexibility index (Phi) is 5.78. The SMILES string of the molecule is CCC(CCO)CNS(=O)(=O)c1ccc(C)cc1N. The van der Waals surface area contributed by atoms with Gasteiger partial charge < -0.3 is 10.8 Å². The number of nitrogen functional groups attached to an aromatic ring is 1. The molecule has 1 rings (SSSR count). The van der Waals surface area contributed by atoms with Crippen molar-refractivity contribution in [3.63, 3.8) is 0 Å². The van der Waals surface area contributed by atoms with E-state index in [0.29, 0.717) is 13.0 Å². The van der Waals surface area contributed by atoms with Crippen LogP contribution >= 0.6 is 0 Å². The molecule has 0 heterocycles. The predicted octanol–water partition coefficient (Wildman–Crippen LogP) is 1.26. The topological polar surface area (TPSA) is 92.4 Å². The molecule has 0 aliphatic rings. The standard InChI is InChI=1S/C13H22N2O3S/c1-3-11(6-7-16)9-15-19(17,18)13-5-4-10(2)8-12(13)14/h4-5,8,11,15-16H,3,6-7,9,14H2,1-2H3. The zero-order chi connectivity index (χ0) is 14.5. The van der Waals surface area contributed by atoms with Crippen molar-refractivity contribution in [2.24, 2.45) is 5.92 Å². The average Bonchev–Trinajstić information content (AvgIpc) is 2.34. The van der Waals surface area contributed by atoms with E-state index in [0.717, 1.165) is 12.0 Å². The lowest BCUT2D eigenvalue weighted by Gasteiger charge is -2.15. The number of anilines is 1. The molecule has 1 atom stereocenters.